The van der Waals surface area contributed by atoms with Gasteiger partial charge in [0, 0.05) is 6.42 Å². The predicted molar refractivity (Wildman–Crippen MR) is 25.0 cm³/mol. The van der Waals surface area contributed by atoms with Crippen molar-refractivity contribution >= 4 is 6.40 Å². The van der Waals surface area contributed by atoms with Crippen molar-refractivity contribution in [2.75, 3.05) is 13.2 Å². The summed E-state index contributed by atoms with van der Waals surface area (Å²) in [4.78, 5) is 4.64. The highest BCUT2D eigenvalue weighted by molar-refractivity contribution is 5.45. The smallest absolute Gasteiger partial charge is 0.212 e. The van der Waals surface area contributed by atoms with Gasteiger partial charge in [-0.05, 0) is 0 Å². The molecule has 0 bridgehead atoms. The predicted octanol–water partition coefficient (Wildman–Crippen LogP) is 0.367. The highest BCUT2D eigenvalue weighted by Gasteiger charge is 1.89. The molecule has 1 rings (SSSR count). The van der Waals surface area contributed by atoms with E-state index in [1.807, 2.05) is 0 Å². The molecule has 0 aliphatic carbocycles. The Morgan fingerprint density at radius 2 is 2.43 bits per heavy atom. The molecule has 0 atom stereocenters. The first-order valence-electron chi connectivity index (χ1n) is 2.25. The summed E-state index contributed by atoms with van der Waals surface area (Å²) in [6.07, 6.45) is 2.26. The number of ether oxygens (including phenoxy) is 1. The molecule has 1 aliphatic rings. The molecule has 0 aromatic carbocycles. The van der Waals surface area contributed by atoms with Gasteiger partial charge >= 0.3 is 0 Å². The van der Waals surface area contributed by atoms with E-state index in [4.69, 9.17) is 4.74 Å². The topological polar surface area (TPSA) is 30.8 Å². The van der Waals surface area contributed by atoms with Gasteiger partial charge in [-0.1, -0.05) is 5.16 Å². The zero-order chi connectivity index (χ0) is 4.95. The van der Waals surface area contributed by atoms with E-state index in [-0.39, 0.29) is 0 Å². The number of oxime groups is 1. The zero-order valence-electron chi connectivity index (χ0n) is 3.96. The van der Waals surface area contributed by atoms with Crippen LogP contribution in [0.4, 0.5) is 0 Å². The molecule has 0 fully saturated rings. The van der Waals surface area contributed by atoms with Gasteiger partial charge in [-0.2, -0.15) is 0 Å². The van der Waals surface area contributed by atoms with Crippen LogP contribution in [0, 0.1) is 0 Å². The van der Waals surface area contributed by atoms with Gasteiger partial charge in [0.15, 0.2) is 0 Å². The number of rotatable bonds is 0. The lowest BCUT2D eigenvalue weighted by atomic mass is 10.5. The summed E-state index contributed by atoms with van der Waals surface area (Å²) in [6, 6.07) is 0. The fraction of sp³-hybridized carbons (Fsp3) is 0.750. The van der Waals surface area contributed by atoms with Crippen molar-refractivity contribution in [2.45, 2.75) is 6.42 Å². The minimum Gasteiger partial charge on any atom is -0.481 e. The zero-order valence-corrected chi connectivity index (χ0v) is 3.96. The minimum atomic E-state index is 0.677. The van der Waals surface area contributed by atoms with E-state index in [9.17, 15) is 0 Å². The highest BCUT2D eigenvalue weighted by atomic mass is 16.6. The van der Waals surface area contributed by atoms with Gasteiger partial charge in [-0.25, -0.2) is 0 Å². The maximum atomic E-state index is 4.78. The van der Waals surface area contributed by atoms with E-state index in [1.54, 1.807) is 0 Å². The van der Waals surface area contributed by atoms with E-state index < -0.39 is 0 Å². The van der Waals surface area contributed by atoms with Crippen molar-refractivity contribution in [3.8, 4) is 0 Å². The van der Waals surface area contributed by atoms with Gasteiger partial charge in [0.1, 0.15) is 6.61 Å². The Balaban J connectivity index is 2.20. The van der Waals surface area contributed by atoms with Crippen LogP contribution in [0.1, 0.15) is 6.42 Å². The fourth-order valence-corrected chi connectivity index (χ4v) is 0.373. The van der Waals surface area contributed by atoms with Gasteiger partial charge in [0.25, 0.3) is 0 Å². The second kappa shape index (κ2) is 2.44. The number of hydrogen-bond acceptors (Lipinski definition) is 3. The van der Waals surface area contributed by atoms with E-state index in [2.05, 4.69) is 9.99 Å². The first-order valence-corrected chi connectivity index (χ1v) is 2.25. The van der Waals surface area contributed by atoms with E-state index in [1.165, 1.54) is 6.40 Å². The van der Waals surface area contributed by atoms with Crippen molar-refractivity contribution in [3.05, 3.63) is 0 Å². The molecule has 1 aliphatic heterocycles. The summed E-state index contributed by atoms with van der Waals surface area (Å²) in [5.74, 6) is 0. The molecular formula is C4H7NO2. The largest absolute Gasteiger partial charge is 0.481 e. The van der Waals surface area contributed by atoms with E-state index in [0.29, 0.717) is 6.61 Å². The fourth-order valence-electron chi connectivity index (χ4n) is 0.373. The lowest BCUT2D eigenvalue weighted by molar-refractivity contribution is 0.147. The summed E-state index contributed by atoms with van der Waals surface area (Å²) in [5, 5.41) is 3.42. The Labute approximate surface area is 41.9 Å². The Kier molecular flexibility index (Phi) is 1.55. The van der Waals surface area contributed by atoms with Crippen molar-refractivity contribution in [1.82, 2.24) is 0 Å². The minimum absolute atomic E-state index is 0.677. The molecule has 0 aromatic heterocycles. The van der Waals surface area contributed by atoms with Crippen molar-refractivity contribution in [2.24, 2.45) is 5.16 Å². The molecule has 0 spiro atoms. The first-order chi connectivity index (χ1) is 3.50. The van der Waals surface area contributed by atoms with Gasteiger partial charge < -0.3 is 9.57 Å². The van der Waals surface area contributed by atoms with Crippen LogP contribution in [-0.2, 0) is 9.57 Å². The summed E-state index contributed by atoms with van der Waals surface area (Å²) in [6.45, 7) is 1.40. The van der Waals surface area contributed by atoms with Crippen LogP contribution in [0.2, 0.25) is 0 Å². The maximum absolute atomic E-state index is 4.78. The van der Waals surface area contributed by atoms with Crippen molar-refractivity contribution in [3.63, 3.8) is 0 Å². The van der Waals surface area contributed by atoms with Crippen LogP contribution < -0.4 is 0 Å². The lowest BCUT2D eigenvalue weighted by Gasteiger charge is -1.88. The summed E-state index contributed by atoms with van der Waals surface area (Å²) >= 11 is 0. The Morgan fingerprint density at radius 1 is 1.43 bits per heavy atom. The first kappa shape index (κ1) is 4.43. The van der Waals surface area contributed by atoms with Crippen LogP contribution in [-0.4, -0.2) is 19.6 Å². The maximum Gasteiger partial charge on any atom is 0.212 e. The molecule has 0 radical (unpaired) electrons. The normalized spacial score (nSPS) is 19.4. The van der Waals surface area contributed by atoms with Crippen LogP contribution in [0.5, 0.6) is 0 Å². The monoisotopic (exact) mass is 101 g/mol. The molecule has 3 nitrogen and oxygen atoms in total. The average Bonchev–Trinajstić information content (AvgIpc) is 1.90. The Hall–Kier alpha value is -0.730. The molecule has 3 heteroatoms. The summed E-state index contributed by atoms with van der Waals surface area (Å²) in [5.41, 5.74) is 0. The van der Waals surface area contributed by atoms with Crippen LogP contribution in [0.25, 0.3) is 0 Å². The average molecular weight is 101 g/mol. The van der Waals surface area contributed by atoms with Crippen LogP contribution in [0.3, 0.4) is 0 Å². The van der Waals surface area contributed by atoms with Crippen molar-refractivity contribution < 1.29 is 9.57 Å². The molecule has 0 unspecified atom stereocenters. The third-order valence-electron chi connectivity index (χ3n) is 0.690. The van der Waals surface area contributed by atoms with Crippen LogP contribution >= 0.6 is 0 Å². The SMILES string of the molecule is C1=NOCCCO1. The molecular weight excluding hydrogens is 94.0 g/mol. The second-order valence-corrected chi connectivity index (χ2v) is 1.27. The quantitative estimate of drug-likeness (QED) is 0.441. The standard InChI is InChI=1S/C4H7NO2/c1-2-6-4-5-7-3-1/h4H,1-3H2. The number of nitrogens with zero attached hydrogens (tertiary/aromatic N) is 1. The summed E-state index contributed by atoms with van der Waals surface area (Å²) in [7, 11) is 0. The Bertz CT molecular complexity index is 64.1. The molecule has 1 heterocycles. The van der Waals surface area contributed by atoms with Crippen molar-refractivity contribution in [1.29, 1.82) is 0 Å². The molecule has 0 saturated heterocycles. The number of hydrogen-bond donors (Lipinski definition) is 0. The van der Waals surface area contributed by atoms with Crippen LogP contribution in [0.15, 0.2) is 5.16 Å². The third kappa shape index (κ3) is 1.43. The molecule has 0 aromatic rings. The van der Waals surface area contributed by atoms with Gasteiger partial charge in [0.05, 0.1) is 6.61 Å². The molecule has 0 N–H and O–H groups in total. The second-order valence-electron chi connectivity index (χ2n) is 1.27. The van der Waals surface area contributed by atoms with E-state index in [0.717, 1.165) is 13.0 Å². The third-order valence-corrected chi connectivity index (χ3v) is 0.690. The lowest BCUT2D eigenvalue weighted by Crippen LogP contribution is -1.89. The summed E-state index contributed by atoms with van der Waals surface area (Å²) < 4.78 is 4.78. The van der Waals surface area contributed by atoms with Gasteiger partial charge in [0.2, 0.25) is 6.40 Å². The molecule has 7 heavy (non-hydrogen) atoms. The molecule has 40 valence electrons. The Morgan fingerprint density at radius 3 is 3.43 bits per heavy atom. The molecule has 0 saturated carbocycles. The van der Waals surface area contributed by atoms with E-state index >= 15 is 0 Å². The van der Waals surface area contributed by atoms with Gasteiger partial charge in [-0.3, -0.25) is 0 Å². The highest BCUT2D eigenvalue weighted by Crippen LogP contribution is 1.87. The van der Waals surface area contributed by atoms with Gasteiger partial charge in [-0.15, -0.1) is 0 Å². The molecule has 0 amide bonds.